The summed E-state index contributed by atoms with van der Waals surface area (Å²) < 4.78 is 0. The lowest BCUT2D eigenvalue weighted by Crippen LogP contribution is -2.32. The number of nitrogens with one attached hydrogen (secondary N) is 2. The third kappa shape index (κ3) is 2.99. The molecule has 1 aromatic heterocycles. The Labute approximate surface area is 93.2 Å². The van der Waals surface area contributed by atoms with E-state index in [4.69, 9.17) is 0 Å². The summed E-state index contributed by atoms with van der Waals surface area (Å²) in [5.41, 5.74) is 0. The number of rotatable bonds is 4. The highest BCUT2D eigenvalue weighted by Crippen LogP contribution is 2.25. The van der Waals surface area contributed by atoms with E-state index >= 15 is 0 Å². The van der Waals surface area contributed by atoms with Gasteiger partial charge in [0.2, 0.25) is 5.91 Å². The van der Waals surface area contributed by atoms with Gasteiger partial charge in [-0.2, -0.15) is 0 Å². The monoisotopic (exact) mass is 225 g/mol. The summed E-state index contributed by atoms with van der Waals surface area (Å²) in [6, 6.07) is 0. The summed E-state index contributed by atoms with van der Waals surface area (Å²) >= 11 is 1.76. The summed E-state index contributed by atoms with van der Waals surface area (Å²) in [6.45, 7) is 0.670. The fourth-order valence-corrected chi connectivity index (χ4v) is 2.82. The van der Waals surface area contributed by atoms with E-state index in [-0.39, 0.29) is 11.2 Å². The molecule has 0 aromatic carbocycles. The van der Waals surface area contributed by atoms with Crippen LogP contribution in [0, 0.1) is 0 Å². The first kappa shape index (κ1) is 10.5. The Bertz CT molecular complexity index is 306. The summed E-state index contributed by atoms with van der Waals surface area (Å²) in [5.74, 6) is 2.23. The van der Waals surface area contributed by atoms with Gasteiger partial charge in [-0.15, -0.1) is 11.8 Å². The second-order valence-electron chi connectivity index (χ2n) is 3.58. The minimum absolute atomic E-state index is 0.182. The second-order valence-corrected chi connectivity index (χ2v) is 4.89. The molecule has 0 aliphatic carbocycles. The molecule has 1 aromatic rings. The lowest BCUT2D eigenvalue weighted by Gasteiger charge is -2.08. The van der Waals surface area contributed by atoms with Crippen molar-refractivity contribution in [2.75, 3.05) is 12.3 Å². The average molecular weight is 225 g/mol. The quantitative estimate of drug-likeness (QED) is 0.802. The SMILES string of the molecule is O=C(NCCc1ncc[nH]1)C1CCCS1. The van der Waals surface area contributed by atoms with Gasteiger partial charge in [-0.1, -0.05) is 0 Å². The van der Waals surface area contributed by atoms with Crippen LogP contribution in [0.5, 0.6) is 0 Å². The van der Waals surface area contributed by atoms with E-state index in [1.165, 1.54) is 6.42 Å². The number of hydrogen-bond acceptors (Lipinski definition) is 3. The number of nitrogens with zero attached hydrogens (tertiary/aromatic N) is 1. The van der Waals surface area contributed by atoms with Gasteiger partial charge in [0, 0.05) is 25.4 Å². The number of carbonyl (C=O) groups is 1. The van der Waals surface area contributed by atoms with Gasteiger partial charge in [0.1, 0.15) is 5.82 Å². The molecule has 1 aliphatic rings. The maximum atomic E-state index is 11.6. The number of imidazole rings is 1. The predicted molar refractivity (Wildman–Crippen MR) is 60.8 cm³/mol. The van der Waals surface area contributed by atoms with E-state index in [1.807, 2.05) is 0 Å². The van der Waals surface area contributed by atoms with Crippen LogP contribution in [0.1, 0.15) is 18.7 Å². The fourth-order valence-electron chi connectivity index (χ4n) is 1.64. The largest absolute Gasteiger partial charge is 0.355 e. The molecule has 0 spiro atoms. The molecule has 1 fully saturated rings. The van der Waals surface area contributed by atoms with E-state index in [2.05, 4.69) is 15.3 Å². The Balaban J connectivity index is 1.67. The van der Waals surface area contributed by atoms with Crippen LogP contribution in [0.3, 0.4) is 0 Å². The molecule has 5 heteroatoms. The van der Waals surface area contributed by atoms with Gasteiger partial charge in [0.25, 0.3) is 0 Å². The normalized spacial score (nSPS) is 20.4. The van der Waals surface area contributed by atoms with Gasteiger partial charge < -0.3 is 10.3 Å². The molecular formula is C10H15N3OS. The highest BCUT2D eigenvalue weighted by Gasteiger charge is 2.22. The smallest absolute Gasteiger partial charge is 0.233 e. The highest BCUT2D eigenvalue weighted by molar-refractivity contribution is 8.00. The summed E-state index contributed by atoms with van der Waals surface area (Å²) in [5, 5.41) is 3.13. The molecule has 0 bridgehead atoms. The predicted octanol–water partition coefficient (Wildman–Crippen LogP) is 0.964. The van der Waals surface area contributed by atoms with Crippen LogP contribution in [0.25, 0.3) is 0 Å². The Morgan fingerprint density at radius 3 is 3.33 bits per heavy atom. The van der Waals surface area contributed by atoms with E-state index in [9.17, 15) is 4.79 Å². The lowest BCUT2D eigenvalue weighted by atomic mass is 10.2. The topological polar surface area (TPSA) is 57.8 Å². The van der Waals surface area contributed by atoms with E-state index in [0.29, 0.717) is 6.54 Å². The van der Waals surface area contributed by atoms with Crippen molar-refractivity contribution in [2.45, 2.75) is 24.5 Å². The molecule has 15 heavy (non-hydrogen) atoms. The van der Waals surface area contributed by atoms with Crippen LogP contribution in [-0.2, 0) is 11.2 Å². The van der Waals surface area contributed by atoms with Gasteiger partial charge in [-0.3, -0.25) is 4.79 Å². The maximum absolute atomic E-state index is 11.6. The van der Waals surface area contributed by atoms with Crippen molar-refractivity contribution in [1.82, 2.24) is 15.3 Å². The Kier molecular flexibility index (Phi) is 3.66. The van der Waals surface area contributed by atoms with Crippen molar-refractivity contribution in [3.63, 3.8) is 0 Å². The maximum Gasteiger partial charge on any atom is 0.233 e. The average Bonchev–Trinajstić information content (AvgIpc) is 2.90. The third-order valence-corrected chi connectivity index (χ3v) is 3.81. The van der Waals surface area contributed by atoms with Crippen molar-refractivity contribution >= 4 is 17.7 Å². The van der Waals surface area contributed by atoms with Gasteiger partial charge in [-0.05, 0) is 18.6 Å². The molecule has 1 unspecified atom stereocenters. The van der Waals surface area contributed by atoms with Crippen LogP contribution in [0.2, 0.25) is 0 Å². The molecule has 0 radical (unpaired) electrons. The third-order valence-electron chi connectivity index (χ3n) is 2.44. The summed E-state index contributed by atoms with van der Waals surface area (Å²) in [4.78, 5) is 18.7. The lowest BCUT2D eigenvalue weighted by molar-refractivity contribution is -0.120. The molecule has 1 saturated heterocycles. The van der Waals surface area contributed by atoms with Crippen molar-refractivity contribution in [3.8, 4) is 0 Å². The van der Waals surface area contributed by atoms with Gasteiger partial charge in [0.15, 0.2) is 0 Å². The molecule has 82 valence electrons. The van der Waals surface area contributed by atoms with E-state index < -0.39 is 0 Å². The Morgan fingerprint density at radius 1 is 1.73 bits per heavy atom. The Hall–Kier alpha value is -0.970. The molecule has 0 saturated carbocycles. The minimum Gasteiger partial charge on any atom is -0.355 e. The molecule has 2 rings (SSSR count). The van der Waals surface area contributed by atoms with Crippen molar-refractivity contribution in [3.05, 3.63) is 18.2 Å². The zero-order valence-corrected chi connectivity index (χ0v) is 9.35. The van der Waals surface area contributed by atoms with Crippen LogP contribution in [-0.4, -0.2) is 33.4 Å². The van der Waals surface area contributed by atoms with Crippen molar-refractivity contribution in [1.29, 1.82) is 0 Å². The molecule has 1 atom stereocenters. The van der Waals surface area contributed by atoms with Crippen LogP contribution >= 0.6 is 11.8 Å². The number of H-pyrrole nitrogens is 1. The number of hydrogen-bond donors (Lipinski definition) is 2. The molecule has 2 heterocycles. The first-order chi connectivity index (χ1) is 7.36. The van der Waals surface area contributed by atoms with Gasteiger partial charge in [0.05, 0.1) is 5.25 Å². The summed E-state index contributed by atoms with van der Waals surface area (Å²) in [7, 11) is 0. The molecule has 1 amide bonds. The van der Waals surface area contributed by atoms with Crippen LogP contribution in [0.15, 0.2) is 12.4 Å². The molecule has 4 nitrogen and oxygen atoms in total. The Morgan fingerprint density at radius 2 is 2.67 bits per heavy atom. The van der Waals surface area contributed by atoms with Crippen molar-refractivity contribution in [2.24, 2.45) is 0 Å². The first-order valence-corrected chi connectivity index (χ1v) is 6.29. The number of carbonyl (C=O) groups excluding carboxylic acids is 1. The minimum atomic E-state index is 0.182. The number of aromatic nitrogens is 2. The number of thioether (sulfide) groups is 1. The van der Waals surface area contributed by atoms with Gasteiger partial charge >= 0.3 is 0 Å². The first-order valence-electron chi connectivity index (χ1n) is 5.24. The van der Waals surface area contributed by atoms with Gasteiger partial charge in [-0.25, -0.2) is 4.98 Å². The standard InChI is InChI=1S/C10H15N3OS/c14-10(8-2-1-7-15-8)13-4-3-9-11-5-6-12-9/h5-6,8H,1-4,7H2,(H,11,12)(H,13,14). The van der Waals surface area contributed by atoms with Crippen LogP contribution < -0.4 is 5.32 Å². The second kappa shape index (κ2) is 5.21. The summed E-state index contributed by atoms with van der Waals surface area (Å²) in [6.07, 6.45) is 6.49. The van der Waals surface area contributed by atoms with E-state index in [0.717, 1.165) is 24.4 Å². The fraction of sp³-hybridized carbons (Fsp3) is 0.600. The van der Waals surface area contributed by atoms with Crippen molar-refractivity contribution < 1.29 is 4.79 Å². The zero-order chi connectivity index (χ0) is 10.5. The number of amides is 1. The van der Waals surface area contributed by atoms with Crippen LogP contribution in [0.4, 0.5) is 0 Å². The highest BCUT2D eigenvalue weighted by atomic mass is 32.2. The molecular weight excluding hydrogens is 210 g/mol. The van der Waals surface area contributed by atoms with E-state index in [1.54, 1.807) is 24.2 Å². The molecule has 2 N–H and O–H groups in total. The number of aromatic amines is 1. The molecule has 1 aliphatic heterocycles. The zero-order valence-electron chi connectivity index (χ0n) is 8.53.